The van der Waals surface area contributed by atoms with Crippen LogP contribution in [-0.2, 0) is 0 Å². The highest BCUT2D eigenvalue weighted by atomic mass is 35.5. The molecule has 1 amide bonds. The highest BCUT2D eigenvalue weighted by molar-refractivity contribution is 6.33. The lowest BCUT2D eigenvalue weighted by Gasteiger charge is -2.06. The second-order valence-electron chi connectivity index (χ2n) is 4.34. The maximum Gasteiger partial charge on any atom is 0.258 e. The lowest BCUT2D eigenvalue weighted by atomic mass is 10.1. The molecule has 3 rings (SSSR count). The number of nitrogens with one attached hydrogen (secondary N) is 2. The van der Waals surface area contributed by atoms with Crippen molar-refractivity contribution in [3.63, 3.8) is 0 Å². The molecule has 0 aliphatic rings. The van der Waals surface area contributed by atoms with Gasteiger partial charge in [0.15, 0.2) is 0 Å². The van der Waals surface area contributed by atoms with Crippen LogP contribution in [-0.4, -0.2) is 21.1 Å². The fourth-order valence-corrected chi connectivity index (χ4v) is 2.11. The average molecular weight is 299 g/mol. The molecule has 0 bridgehead atoms. The summed E-state index contributed by atoms with van der Waals surface area (Å²) in [5, 5.41) is 9.75. The van der Waals surface area contributed by atoms with Gasteiger partial charge in [0.05, 0.1) is 11.3 Å². The van der Waals surface area contributed by atoms with Crippen LogP contribution in [0.25, 0.3) is 11.3 Å². The Labute approximate surface area is 126 Å². The summed E-state index contributed by atoms with van der Waals surface area (Å²) < 4.78 is 0. The van der Waals surface area contributed by atoms with E-state index >= 15 is 0 Å². The Hall–Kier alpha value is -2.66. The largest absolute Gasteiger partial charge is 0.322 e. The van der Waals surface area contributed by atoms with Crippen LogP contribution in [0.15, 0.2) is 54.9 Å². The number of hydrogen-bond acceptors (Lipinski definition) is 3. The van der Waals surface area contributed by atoms with Crippen LogP contribution < -0.4 is 5.32 Å². The van der Waals surface area contributed by atoms with Crippen molar-refractivity contribution < 1.29 is 4.79 Å². The normalized spacial score (nSPS) is 10.3. The van der Waals surface area contributed by atoms with Crippen LogP contribution in [0.4, 0.5) is 5.69 Å². The Morgan fingerprint density at radius 1 is 1.10 bits per heavy atom. The van der Waals surface area contributed by atoms with E-state index in [9.17, 15) is 4.79 Å². The van der Waals surface area contributed by atoms with Crippen molar-refractivity contribution in [1.82, 2.24) is 15.2 Å². The SMILES string of the molecule is O=C(Nc1ccc(-c2ccn[nH]2)cc1)c1cccnc1Cl. The number of H-pyrrole nitrogens is 1. The lowest BCUT2D eigenvalue weighted by molar-refractivity contribution is 0.102. The number of pyridine rings is 1. The molecule has 104 valence electrons. The molecule has 3 aromatic rings. The monoisotopic (exact) mass is 298 g/mol. The summed E-state index contributed by atoms with van der Waals surface area (Å²) in [7, 11) is 0. The Balaban J connectivity index is 1.77. The molecule has 2 N–H and O–H groups in total. The van der Waals surface area contributed by atoms with E-state index in [1.807, 2.05) is 30.3 Å². The van der Waals surface area contributed by atoms with Gasteiger partial charge in [0.25, 0.3) is 5.91 Å². The van der Waals surface area contributed by atoms with Gasteiger partial charge in [-0.1, -0.05) is 23.7 Å². The number of nitrogens with zero attached hydrogens (tertiary/aromatic N) is 2. The zero-order valence-corrected chi connectivity index (χ0v) is 11.6. The Morgan fingerprint density at radius 3 is 2.57 bits per heavy atom. The lowest BCUT2D eigenvalue weighted by Crippen LogP contribution is -2.12. The second kappa shape index (κ2) is 5.76. The molecule has 2 aromatic heterocycles. The molecule has 0 aliphatic heterocycles. The third-order valence-corrected chi connectivity index (χ3v) is 3.26. The maximum atomic E-state index is 12.1. The standard InChI is InChI=1S/C15H11ClN4O/c16-14-12(2-1-8-17-14)15(21)19-11-5-3-10(4-6-11)13-7-9-18-20-13/h1-9H,(H,18,20)(H,19,21). The molecule has 0 radical (unpaired) electrons. The zero-order chi connectivity index (χ0) is 14.7. The van der Waals surface area contributed by atoms with E-state index in [4.69, 9.17) is 11.6 Å². The maximum absolute atomic E-state index is 12.1. The molecule has 2 heterocycles. The van der Waals surface area contributed by atoms with Gasteiger partial charge in [0.1, 0.15) is 5.15 Å². The number of aromatic amines is 1. The first-order chi connectivity index (χ1) is 10.2. The highest BCUT2D eigenvalue weighted by Crippen LogP contribution is 2.20. The fourth-order valence-electron chi connectivity index (χ4n) is 1.90. The predicted molar refractivity (Wildman–Crippen MR) is 81.2 cm³/mol. The minimum absolute atomic E-state index is 0.184. The molecular formula is C15H11ClN4O. The summed E-state index contributed by atoms with van der Waals surface area (Å²) in [6.45, 7) is 0. The van der Waals surface area contributed by atoms with Crippen LogP contribution in [0, 0.1) is 0 Å². The molecule has 0 atom stereocenters. The summed E-state index contributed by atoms with van der Waals surface area (Å²) in [6.07, 6.45) is 3.23. The van der Waals surface area contributed by atoms with Crippen LogP contribution in [0.1, 0.15) is 10.4 Å². The third-order valence-electron chi connectivity index (χ3n) is 2.96. The van der Waals surface area contributed by atoms with Crippen molar-refractivity contribution in [2.24, 2.45) is 0 Å². The van der Waals surface area contributed by atoms with Gasteiger partial charge in [0, 0.05) is 18.1 Å². The molecule has 21 heavy (non-hydrogen) atoms. The molecule has 5 nitrogen and oxygen atoms in total. The molecule has 6 heteroatoms. The Bertz CT molecular complexity index is 754. The molecule has 1 aromatic carbocycles. The number of anilines is 1. The molecular weight excluding hydrogens is 288 g/mol. The highest BCUT2D eigenvalue weighted by Gasteiger charge is 2.10. The summed E-state index contributed by atoms with van der Waals surface area (Å²) in [4.78, 5) is 16.0. The van der Waals surface area contributed by atoms with E-state index in [2.05, 4.69) is 20.5 Å². The molecule has 0 spiro atoms. The van der Waals surface area contributed by atoms with Crippen LogP contribution in [0.5, 0.6) is 0 Å². The first kappa shape index (κ1) is 13.3. The van der Waals surface area contributed by atoms with Gasteiger partial charge in [-0.2, -0.15) is 5.10 Å². The van der Waals surface area contributed by atoms with Gasteiger partial charge in [-0.25, -0.2) is 4.98 Å². The average Bonchev–Trinajstić information content (AvgIpc) is 3.02. The second-order valence-corrected chi connectivity index (χ2v) is 4.70. The topological polar surface area (TPSA) is 70.7 Å². The number of amides is 1. The Morgan fingerprint density at radius 2 is 1.90 bits per heavy atom. The molecule has 0 aliphatic carbocycles. The predicted octanol–water partition coefficient (Wildman–Crippen LogP) is 3.38. The van der Waals surface area contributed by atoms with E-state index in [0.29, 0.717) is 11.3 Å². The summed E-state index contributed by atoms with van der Waals surface area (Å²) >= 11 is 5.90. The summed E-state index contributed by atoms with van der Waals surface area (Å²) in [6, 6.07) is 12.6. The van der Waals surface area contributed by atoms with Gasteiger partial charge in [0.2, 0.25) is 0 Å². The van der Waals surface area contributed by atoms with Gasteiger partial charge >= 0.3 is 0 Å². The van der Waals surface area contributed by atoms with Gasteiger partial charge < -0.3 is 5.32 Å². The van der Waals surface area contributed by atoms with Crippen LogP contribution >= 0.6 is 11.6 Å². The van der Waals surface area contributed by atoms with Crippen molar-refractivity contribution >= 4 is 23.2 Å². The molecule has 0 saturated heterocycles. The van der Waals surface area contributed by atoms with Crippen molar-refractivity contribution in [2.75, 3.05) is 5.32 Å². The number of hydrogen-bond donors (Lipinski definition) is 2. The number of carbonyl (C=O) groups is 1. The van der Waals surface area contributed by atoms with Crippen molar-refractivity contribution in [2.45, 2.75) is 0 Å². The number of rotatable bonds is 3. The minimum Gasteiger partial charge on any atom is -0.322 e. The Kier molecular flexibility index (Phi) is 3.66. The van der Waals surface area contributed by atoms with E-state index in [1.165, 1.54) is 6.20 Å². The van der Waals surface area contributed by atoms with E-state index < -0.39 is 0 Å². The number of halogens is 1. The van der Waals surface area contributed by atoms with E-state index in [0.717, 1.165) is 11.3 Å². The van der Waals surface area contributed by atoms with E-state index in [-0.39, 0.29) is 11.1 Å². The van der Waals surface area contributed by atoms with Crippen LogP contribution in [0.2, 0.25) is 5.15 Å². The quantitative estimate of drug-likeness (QED) is 0.728. The van der Waals surface area contributed by atoms with E-state index in [1.54, 1.807) is 18.3 Å². The summed E-state index contributed by atoms with van der Waals surface area (Å²) in [5.74, 6) is -0.289. The number of benzene rings is 1. The van der Waals surface area contributed by atoms with Crippen molar-refractivity contribution in [3.8, 4) is 11.3 Å². The number of carbonyl (C=O) groups excluding carboxylic acids is 1. The molecule has 0 unspecified atom stereocenters. The van der Waals surface area contributed by atoms with Crippen molar-refractivity contribution in [3.05, 3.63) is 65.6 Å². The molecule has 0 fully saturated rings. The van der Waals surface area contributed by atoms with Gasteiger partial charge in [-0.15, -0.1) is 0 Å². The van der Waals surface area contributed by atoms with Crippen molar-refractivity contribution in [1.29, 1.82) is 0 Å². The zero-order valence-electron chi connectivity index (χ0n) is 10.9. The van der Waals surface area contributed by atoms with Crippen LogP contribution in [0.3, 0.4) is 0 Å². The smallest absolute Gasteiger partial charge is 0.258 e. The van der Waals surface area contributed by atoms with Gasteiger partial charge in [-0.05, 0) is 35.9 Å². The first-order valence-corrected chi connectivity index (χ1v) is 6.63. The minimum atomic E-state index is -0.289. The number of aromatic nitrogens is 3. The summed E-state index contributed by atoms with van der Waals surface area (Å²) in [5.41, 5.74) is 2.94. The third kappa shape index (κ3) is 2.93. The fraction of sp³-hybridized carbons (Fsp3) is 0. The van der Waals surface area contributed by atoms with Gasteiger partial charge in [-0.3, -0.25) is 9.89 Å². The first-order valence-electron chi connectivity index (χ1n) is 6.26. The molecule has 0 saturated carbocycles.